The average Bonchev–Trinajstić information content (AvgIpc) is 3.22. The minimum atomic E-state index is 0. The summed E-state index contributed by atoms with van der Waals surface area (Å²) < 4.78 is 24.4. The predicted octanol–water partition coefficient (Wildman–Crippen LogP) is 4.03. The molecule has 144 valence electrons. The van der Waals surface area contributed by atoms with Gasteiger partial charge in [0.15, 0.2) is 11.5 Å². The van der Waals surface area contributed by atoms with Crippen molar-refractivity contribution in [2.75, 3.05) is 20.5 Å². The smallest absolute Gasteiger partial charge is 0.231 e. The Hall–Kier alpha value is -2.44. The van der Waals surface area contributed by atoms with Crippen LogP contribution in [0.2, 0.25) is 0 Å². The van der Waals surface area contributed by atoms with Crippen LogP contribution in [0.3, 0.4) is 0 Å². The van der Waals surface area contributed by atoms with E-state index in [1.54, 1.807) is 13.3 Å². The summed E-state index contributed by atoms with van der Waals surface area (Å²) in [5.74, 6) is 2.36. The third-order valence-corrected chi connectivity index (χ3v) is 4.81. The maximum absolute atomic E-state index is 6.16. The largest absolute Gasteiger partial charge is 0.487 e. The SMILES string of the molecule is COCCn1c(C)c(C)c2nccc(OCc3ccc4c(c3)OCO4)c21.Cl. The minimum Gasteiger partial charge on any atom is -0.487 e. The van der Waals surface area contributed by atoms with Crippen molar-refractivity contribution in [2.45, 2.75) is 27.0 Å². The van der Waals surface area contributed by atoms with Gasteiger partial charge < -0.3 is 23.5 Å². The van der Waals surface area contributed by atoms with Crippen LogP contribution in [0.5, 0.6) is 17.2 Å². The van der Waals surface area contributed by atoms with Gasteiger partial charge in [-0.05, 0) is 37.1 Å². The lowest BCUT2D eigenvalue weighted by atomic mass is 10.2. The fourth-order valence-corrected chi connectivity index (χ4v) is 3.28. The summed E-state index contributed by atoms with van der Waals surface area (Å²) in [4.78, 5) is 4.56. The number of benzene rings is 1. The quantitative estimate of drug-likeness (QED) is 0.636. The number of nitrogens with zero attached hydrogens (tertiary/aromatic N) is 2. The number of hydrogen-bond acceptors (Lipinski definition) is 5. The molecule has 0 N–H and O–H groups in total. The topological polar surface area (TPSA) is 54.7 Å². The Balaban J connectivity index is 0.00000210. The molecule has 1 aliphatic rings. The van der Waals surface area contributed by atoms with Crippen molar-refractivity contribution in [3.8, 4) is 17.2 Å². The zero-order chi connectivity index (χ0) is 18.1. The molecule has 4 rings (SSSR count). The van der Waals surface area contributed by atoms with E-state index in [1.807, 2.05) is 24.3 Å². The van der Waals surface area contributed by atoms with Crippen molar-refractivity contribution in [1.82, 2.24) is 9.55 Å². The fourth-order valence-electron chi connectivity index (χ4n) is 3.28. The van der Waals surface area contributed by atoms with Crippen molar-refractivity contribution >= 4 is 23.4 Å². The highest BCUT2D eigenvalue weighted by Crippen LogP contribution is 2.34. The van der Waals surface area contributed by atoms with Gasteiger partial charge >= 0.3 is 0 Å². The maximum Gasteiger partial charge on any atom is 0.231 e. The van der Waals surface area contributed by atoms with Gasteiger partial charge in [0.25, 0.3) is 0 Å². The van der Waals surface area contributed by atoms with Crippen LogP contribution in [-0.2, 0) is 17.9 Å². The van der Waals surface area contributed by atoms with E-state index in [0.29, 0.717) is 13.2 Å². The molecule has 0 radical (unpaired) electrons. The molecule has 3 heterocycles. The first-order valence-corrected chi connectivity index (χ1v) is 8.63. The summed E-state index contributed by atoms with van der Waals surface area (Å²) in [5.41, 5.74) is 5.37. The lowest BCUT2D eigenvalue weighted by molar-refractivity contribution is 0.174. The van der Waals surface area contributed by atoms with Crippen LogP contribution in [0.15, 0.2) is 30.5 Å². The van der Waals surface area contributed by atoms with E-state index in [2.05, 4.69) is 23.4 Å². The van der Waals surface area contributed by atoms with Gasteiger partial charge in [-0.1, -0.05) is 6.07 Å². The summed E-state index contributed by atoms with van der Waals surface area (Å²) in [5, 5.41) is 0. The Morgan fingerprint density at radius 1 is 1.15 bits per heavy atom. The van der Waals surface area contributed by atoms with E-state index in [-0.39, 0.29) is 19.2 Å². The van der Waals surface area contributed by atoms with Crippen LogP contribution in [0.1, 0.15) is 16.8 Å². The highest BCUT2D eigenvalue weighted by Gasteiger charge is 2.17. The lowest BCUT2D eigenvalue weighted by Gasteiger charge is -2.12. The number of hydrogen-bond donors (Lipinski definition) is 0. The minimum absolute atomic E-state index is 0. The number of aryl methyl sites for hydroxylation is 1. The molecule has 0 atom stereocenters. The van der Waals surface area contributed by atoms with Gasteiger partial charge in [-0.15, -0.1) is 12.4 Å². The number of pyridine rings is 1. The monoisotopic (exact) mass is 390 g/mol. The Kier molecular flexibility index (Phi) is 5.77. The van der Waals surface area contributed by atoms with Gasteiger partial charge in [0.1, 0.15) is 17.9 Å². The highest BCUT2D eigenvalue weighted by atomic mass is 35.5. The Labute approximate surface area is 164 Å². The Morgan fingerprint density at radius 3 is 2.78 bits per heavy atom. The normalized spacial score (nSPS) is 12.3. The molecule has 6 nitrogen and oxygen atoms in total. The van der Waals surface area contributed by atoms with E-state index in [9.17, 15) is 0 Å². The molecule has 2 aromatic heterocycles. The summed E-state index contributed by atoms with van der Waals surface area (Å²) in [6.07, 6.45) is 1.80. The van der Waals surface area contributed by atoms with Gasteiger partial charge in [0, 0.05) is 31.6 Å². The van der Waals surface area contributed by atoms with Crippen molar-refractivity contribution in [3.63, 3.8) is 0 Å². The molecule has 0 saturated carbocycles. The van der Waals surface area contributed by atoms with E-state index >= 15 is 0 Å². The molecule has 27 heavy (non-hydrogen) atoms. The van der Waals surface area contributed by atoms with Crippen LogP contribution in [0.4, 0.5) is 0 Å². The Morgan fingerprint density at radius 2 is 1.96 bits per heavy atom. The summed E-state index contributed by atoms with van der Waals surface area (Å²) in [6, 6.07) is 7.78. The number of ether oxygens (including phenoxy) is 4. The van der Waals surface area contributed by atoms with Gasteiger partial charge in [0.2, 0.25) is 6.79 Å². The highest BCUT2D eigenvalue weighted by molar-refractivity contribution is 5.86. The van der Waals surface area contributed by atoms with Crippen LogP contribution in [-0.4, -0.2) is 30.1 Å². The first-order chi connectivity index (χ1) is 12.7. The summed E-state index contributed by atoms with van der Waals surface area (Å²) in [7, 11) is 1.71. The molecular weight excluding hydrogens is 368 g/mol. The maximum atomic E-state index is 6.16. The van der Waals surface area contributed by atoms with E-state index in [1.165, 1.54) is 11.3 Å². The van der Waals surface area contributed by atoms with Gasteiger partial charge in [-0.3, -0.25) is 4.98 Å². The first kappa shape index (κ1) is 19.3. The first-order valence-electron chi connectivity index (χ1n) is 8.63. The van der Waals surface area contributed by atoms with Crippen LogP contribution >= 0.6 is 12.4 Å². The molecule has 0 aliphatic carbocycles. The number of aromatic nitrogens is 2. The molecule has 0 spiro atoms. The molecule has 7 heteroatoms. The van der Waals surface area contributed by atoms with Crippen molar-refractivity contribution in [2.24, 2.45) is 0 Å². The third-order valence-electron chi connectivity index (χ3n) is 4.81. The molecule has 0 saturated heterocycles. The third kappa shape index (κ3) is 3.55. The van der Waals surface area contributed by atoms with Crippen LogP contribution in [0, 0.1) is 13.8 Å². The standard InChI is InChI=1S/C20H22N2O4.ClH/c1-13-14(2)22(8-9-23-3)20-17(6-7-21-19(13)20)24-11-15-4-5-16-18(10-15)26-12-25-16;/h4-7,10H,8-9,11-12H2,1-3H3;1H. The predicted molar refractivity (Wildman–Crippen MR) is 105 cm³/mol. The van der Waals surface area contributed by atoms with Crippen LogP contribution in [0.25, 0.3) is 11.0 Å². The molecule has 3 aromatic rings. The van der Waals surface area contributed by atoms with Crippen LogP contribution < -0.4 is 14.2 Å². The fraction of sp³-hybridized carbons (Fsp3) is 0.350. The van der Waals surface area contributed by atoms with E-state index < -0.39 is 0 Å². The van der Waals surface area contributed by atoms with Crippen molar-refractivity contribution in [1.29, 1.82) is 0 Å². The van der Waals surface area contributed by atoms with E-state index in [4.69, 9.17) is 18.9 Å². The average molecular weight is 391 g/mol. The second kappa shape index (κ2) is 8.06. The van der Waals surface area contributed by atoms with E-state index in [0.717, 1.165) is 40.4 Å². The van der Waals surface area contributed by atoms with Gasteiger partial charge in [-0.2, -0.15) is 0 Å². The number of halogens is 1. The Bertz CT molecular complexity index is 955. The molecule has 1 aliphatic heterocycles. The number of rotatable bonds is 6. The number of methoxy groups -OCH3 is 1. The second-order valence-corrected chi connectivity index (χ2v) is 6.34. The molecule has 0 amide bonds. The summed E-state index contributed by atoms with van der Waals surface area (Å²) in [6.45, 7) is 6.32. The second-order valence-electron chi connectivity index (χ2n) is 6.34. The number of fused-ring (bicyclic) bond motifs is 2. The molecule has 0 bridgehead atoms. The van der Waals surface area contributed by atoms with Crippen molar-refractivity contribution < 1.29 is 18.9 Å². The lowest BCUT2D eigenvalue weighted by Crippen LogP contribution is -2.07. The molecular formula is C20H23ClN2O4. The van der Waals surface area contributed by atoms with Gasteiger partial charge in [0.05, 0.1) is 12.1 Å². The van der Waals surface area contributed by atoms with Crippen molar-refractivity contribution in [3.05, 3.63) is 47.3 Å². The zero-order valence-corrected chi connectivity index (χ0v) is 16.5. The molecule has 0 fully saturated rings. The molecule has 0 unspecified atom stereocenters. The zero-order valence-electron chi connectivity index (χ0n) is 15.7. The molecule has 1 aromatic carbocycles. The van der Waals surface area contributed by atoms with Gasteiger partial charge in [-0.25, -0.2) is 0 Å². The summed E-state index contributed by atoms with van der Waals surface area (Å²) >= 11 is 0.